The van der Waals surface area contributed by atoms with Crippen molar-refractivity contribution in [1.82, 2.24) is 4.90 Å². The maximum atomic E-state index is 13.8. The molecule has 0 radical (unpaired) electrons. The second-order valence-corrected chi connectivity index (χ2v) is 6.32. The zero-order valence-corrected chi connectivity index (χ0v) is 14.4. The first-order valence-corrected chi connectivity index (χ1v) is 8.62. The summed E-state index contributed by atoms with van der Waals surface area (Å²) in [7, 11) is 1.65. The number of hydrogen-bond donors (Lipinski definition) is 1. The minimum Gasteiger partial charge on any atom is -0.497 e. The van der Waals surface area contributed by atoms with Crippen LogP contribution in [-0.2, 0) is 0 Å². The number of para-hydroxylation sites is 1. The highest BCUT2D eigenvalue weighted by Crippen LogP contribution is 2.28. The van der Waals surface area contributed by atoms with E-state index in [1.165, 1.54) is 11.6 Å². The van der Waals surface area contributed by atoms with Gasteiger partial charge in [0, 0.05) is 19.0 Å². The Morgan fingerprint density at radius 1 is 1.16 bits per heavy atom. The molecule has 1 saturated heterocycles. The van der Waals surface area contributed by atoms with E-state index in [2.05, 4.69) is 17.4 Å². The number of ether oxygens (including phenoxy) is 1. The topological polar surface area (TPSA) is 41.6 Å². The fourth-order valence-electron chi connectivity index (χ4n) is 3.23. The van der Waals surface area contributed by atoms with E-state index >= 15 is 0 Å². The zero-order chi connectivity index (χ0) is 17.6. The van der Waals surface area contributed by atoms with Gasteiger partial charge in [-0.15, -0.1) is 0 Å². The van der Waals surface area contributed by atoms with Crippen molar-refractivity contribution < 1.29 is 13.9 Å². The van der Waals surface area contributed by atoms with E-state index in [1.807, 2.05) is 12.1 Å². The van der Waals surface area contributed by atoms with Crippen LogP contribution in [0.4, 0.5) is 14.9 Å². The average Bonchev–Trinajstić information content (AvgIpc) is 2.90. The molecule has 1 aliphatic heterocycles. The molecule has 1 unspecified atom stereocenters. The Bertz CT molecular complexity index is 718. The van der Waals surface area contributed by atoms with E-state index in [9.17, 15) is 9.18 Å². The third kappa shape index (κ3) is 4.29. The number of anilines is 1. The van der Waals surface area contributed by atoms with Crippen molar-refractivity contribution in [3.05, 3.63) is 59.9 Å². The molecule has 5 heteroatoms. The number of hydrogen-bond acceptors (Lipinski definition) is 2. The molecule has 2 aromatic carbocycles. The number of benzene rings is 2. The van der Waals surface area contributed by atoms with Gasteiger partial charge in [-0.3, -0.25) is 0 Å². The molecule has 4 nitrogen and oxygen atoms in total. The lowest BCUT2D eigenvalue weighted by atomic mass is 9.94. The van der Waals surface area contributed by atoms with Crippen LogP contribution < -0.4 is 10.1 Å². The van der Waals surface area contributed by atoms with Crippen molar-refractivity contribution in [3.8, 4) is 5.75 Å². The molecule has 1 N–H and O–H groups in total. The van der Waals surface area contributed by atoms with Crippen LogP contribution in [0.1, 0.15) is 30.7 Å². The lowest BCUT2D eigenvalue weighted by Crippen LogP contribution is -2.37. The molecule has 25 heavy (non-hydrogen) atoms. The number of carbonyl (C=O) groups excluding carboxylic acids is 1. The number of nitrogens with zero attached hydrogens (tertiary/aromatic N) is 1. The molecule has 0 bridgehead atoms. The first kappa shape index (κ1) is 17.3. The fourth-order valence-corrected chi connectivity index (χ4v) is 3.23. The molecule has 2 amide bonds. The SMILES string of the molecule is COc1ccc(C2CCCCN(C(=O)Nc3ccccc3F)C2)cc1. The summed E-state index contributed by atoms with van der Waals surface area (Å²) in [5, 5.41) is 2.69. The van der Waals surface area contributed by atoms with Crippen LogP contribution in [0.5, 0.6) is 5.75 Å². The maximum Gasteiger partial charge on any atom is 0.321 e. The predicted octanol–water partition coefficient (Wildman–Crippen LogP) is 4.64. The average molecular weight is 342 g/mol. The number of rotatable bonds is 3. The van der Waals surface area contributed by atoms with Crippen LogP contribution in [0.25, 0.3) is 0 Å². The van der Waals surface area contributed by atoms with Crippen LogP contribution >= 0.6 is 0 Å². The van der Waals surface area contributed by atoms with Crippen LogP contribution in [0.2, 0.25) is 0 Å². The number of urea groups is 1. The van der Waals surface area contributed by atoms with E-state index in [0.717, 1.165) is 25.0 Å². The first-order chi connectivity index (χ1) is 12.2. The first-order valence-electron chi connectivity index (χ1n) is 8.62. The van der Waals surface area contributed by atoms with Gasteiger partial charge in [-0.25, -0.2) is 9.18 Å². The number of likely N-dealkylation sites (tertiary alicyclic amines) is 1. The highest BCUT2D eigenvalue weighted by atomic mass is 19.1. The molecule has 132 valence electrons. The molecule has 0 aliphatic carbocycles. The molecule has 3 rings (SSSR count). The Labute approximate surface area is 147 Å². The molecule has 1 fully saturated rings. The predicted molar refractivity (Wildman–Crippen MR) is 96.6 cm³/mol. The molecule has 2 aromatic rings. The van der Waals surface area contributed by atoms with Gasteiger partial charge in [0.2, 0.25) is 0 Å². The Kier molecular flexibility index (Phi) is 5.53. The summed E-state index contributed by atoms with van der Waals surface area (Å²) >= 11 is 0. The largest absolute Gasteiger partial charge is 0.497 e. The van der Waals surface area contributed by atoms with Gasteiger partial charge in [0.1, 0.15) is 11.6 Å². The standard InChI is InChI=1S/C20H23FN2O2/c1-25-17-11-9-15(10-12-17)16-6-4-5-13-23(14-16)20(24)22-19-8-3-2-7-18(19)21/h2-3,7-12,16H,4-6,13-14H2,1H3,(H,22,24). The Morgan fingerprint density at radius 2 is 1.92 bits per heavy atom. The summed E-state index contributed by atoms with van der Waals surface area (Å²) in [5.74, 6) is 0.684. The summed E-state index contributed by atoms with van der Waals surface area (Å²) in [6.07, 6.45) is 3.06. The summed E-state index contributed by atoms with van der Waals surface area (Å²) < 4.78 is 19.0. The van der Waals surface area contributed by atoms with Crippen molar-refractivity contribution in [2.75, 3.05) is 25.5 Å². The molecular weight excluding hydrogens is 319 g/mol. The lowest BCUT2D eigenvalue weighted by Gasteiger charge is -2.25. The van der Waals surface area contributed by atoms with Gasteiger partial charge in [-0.2, -0.15) is 0 Å². The van der Waals surface area contributed by atoms with Gasteiger partial charge in [-0.05, 0) is 42.7 Å². The number of halogens is 1. The molecule has 0 aromatic heterocycles. The Balaban J connectivity index is 1.70. The number of methoxy groups -OCH3 is 1. The number of nitrogens with one attached hydrogen (secondary N) is 1. The Hall–Kier alpha value is -2.56. The van der Waals surface area contributed by atoms with E-state index in [1.54, 1.807) is 30.2 Å². The van der Waals surface area contributed by atoms with E-state index in [4.69, 9.17) is 4.74 Å². The van der Waals surface area contributed by atoms with Gasteiger partial charge in [0.05, 0.1) is 12.8 Å². The van der Waals surface area contributed by atoms with Crippen molar-refractivity contribution in [2.24, 2.45) is 0 Å². The second-order valence-electron chi connectivity index (χ2n) is 6.32. The third-order valence-corrected chi connectivity index (χ3v) is 4.66. The van der Waals surface area contributed by atoms with Gasteiger partial charge < -0.3 is 15.0 Å². The highest BCUT2D eigenvalue weighted by Gasteiger charge is 2.23. The molecule has 1 heterocycles. The van der Waals surface area contributed by atoms with Gasteiger partial charge in [0.25, 0.3) is 0 Å². The van der Waals surface area contributed by atoms with Crippen molar-refractivity contribution in [3.63, 3.8) is 0 Å². The Morgan fingerprint density at radius 3 is 2.64 bits per heavy atom. The van der Waals surface area contributed by atoms with Gasteiger partial charge >= 0.3 is 6.03 Å². The molecule has 0 saturated carbocycles. The summed E-state index contributed by atoms with van der Waals surface area (Å²) in [5.41, 5.74) is 1.42. The van der Waals surface area contributed by atoms with E-state index in [-0.39, 0.29) is 17.6 Å². The number of amides is 2. The van der Waals surface area contributed by atoms with E-state index in [0.29, 0.717) is 13.1 Å². The summed E-state index contributed by atoms with van der Waals surface area (Å²) in [6.45, 7) is 1.32. The summed E-state index contributed by atoms with van der Waals surface area (Å²) in [6, 6.07) is 14.0. The van der Waals surface area contributed by atoms with Crippen LogP contribution in [-0.4, -0.2) is 31.1 Å². The lowest BCUT2D eigenvalue weighted by molar-refractivity contribution is 0.211. The van der Waals surface area contributed by atoms with Gasteiger partial charge in [-0.1, -0.05) is 30.7 Å². The van der Waals surface area contributed by atoms with Crippen molar-refractivity contribution in [1.29, 1.82) is 0 Å². The van der Waals surface area contributed by atoms with Crippen molar-refractivity contribution >= 4 is 11.7 Å². The quantitative estimate of drug-likeness (QED) is 0.883. The zero-order valence-electron chi connectivity index (χ0n) is 14.4. The third-order valence-electron chi connectivity index (χ3n) is 4.66. The maximum absolute atomic E-state index is 13.8. The highest BCUT2D eigenvalue weighted by molar-refractivity contribution is 5.89. The number of carbonyl (C=O) groups is 1. The molecule has 0 spiro atoms. The molecular formula is C20H23FN2O2. The van der Waals surface area contributed by atoms with Gasteiger partial charge in [0.15, 0.2) is 0 Å². The molecule has 1 aliphatic rings. The van der Waals surface area contributed by atoms with E-state index < -0.39 is 5.82 Å². The van der Waals surface area contributed by atoms with Crippen molar-refractivity contribution in [2.45, 2.75) is 25.2 Å². The van der Waals surface area contributed by atoms with Crippen LogP contribution in [0.15, 0.2) is 48.5 Å². The summed E-state index contributed by atoms with van der Waals surface area (Å²) in [4.78, 5) is 14.4. The normalized spacial score (nSPS) is 17.7. The fraction of sp³-hybridized carbons (Fsp3) is 0.350. The smallest absolute Gasteiger partial charge is 0.321 e. The second kappa shape index (κ2) is 8.01. The van der Waals surface area contributed by atoms with Crippen LogP contribution in [0.3, 0.4) is 0 Å². The molecule has 1 atom stereocenters. The monoisotopic (exact) mass is 342 g/mol. The minimum absolute atomic E-state index is 0.220. The van der Waals surface area contributed by atoms with Crippen LogP contribution in [0, 0.1) is 5.82 Å². The minimum atomic E-state index is -0.419.